The number of fused-ring (bicyclic) bond motifs is 6. The average Bonchev–Trinajstić information content (AvgIpc) is 3.00. The molecule has 0 aliphatic heterocycles. The topological polar surface area (TPSA) is 0 Å². The number of hydrogen-bond donors (Lipinski definition) is 0. The number of hydrogen-bond acceptors (Lipinski definition) is 1. The van der Waals surface area contributed by atoms with Crippen LogP contribution in [0.4, 0.5) is 0 Å². The smallest absolute Gasteiger partial charge is 0.0351 e. The summed E-state index contributed by atoms with van der Waals surface area (Å²) in [7, 11) is 0. The van der Waals surface area contributed by atoms with E-state index in [2.05, 4.69) is 68.5 Å². The van der Waals surface area contributed by atoms with Gasteiger partial charge in [0.25, 0.3) is 0 Å². The fraction of sp³-hybridized carbons (Fsp3) is 0.238. The van der Waals surface area contributed by atoms with Crippen LogP contribution in [0.1, 0.15) is 41.3 Å². The Bertz CT molecular complexity index is 939. The van der Waals surface area contributed by atoms with Gasteiger partial charge in [-0.25, -0.2) is 0 Å². The summed E-state index contributed by atoms with van der Waals surface area (Å²) in [4.78, 5) is 1.56. The molecule has 22 heavy (non-hydrogen) atoms. The second-order valence-corrected chi connectivity index (χ2v) is 8.14. The van der Waals surface area contributed by atoms with Crippen LogP contribution >= 0.6 is 11.3 Å². The van der Waals surface area contributed by atoms with Crippen LogP contribution in [-0.4, -0.2) is 0 Å². The van der Waals surface area contributed by atoms with Crippen molar-refractivity contribution in [3.05, 3.63) is 75.7 Å². The number of benzene rings is 2. The van der Waals surface area contributed by atoms with Crippen LogP contribution in [0.3, 0.4) is 0 Å². The molecule has 0 fully saturated rings. The number of allylic oxidation sites excluding steroid dienone is 1. The van der Waals surface area contributed by atoms with Crippen LogP contribution in [0.5, 0.6) is 0 Å². The van der Waals surface area contributed by atoms with Crippen molar-refractivity contribution in [2.45, 2.75) is 31.6 Å². The van der Waals surface area contributed by atoms with Crippen LogP contribution < -0.4 is 0 Å². The van der Waals surface area contributed by atoms with Crippen molar-refractivity contribution in [2.75, 3.05) is 0 Å². The van der Waals surface area contributed by atoms with E-state index in [1.54, 1.807) is 16.0 Å². The maximum atomic E-state index is 2.50. The van der Waals surface area contributed by atoms with Crippen molar-refractivity contribution in [2.24, 2.45) is 0 Å². The zero-order valence-electron chi connectivity index (χ0n) is 12.9. The van der Waals surface area contributed by atoms with Crippen LogP contribution in [0.25, 0.3) is 16.2 Å². The summed E-state index contributed by atoms with van der Waals surface area (Å²) in [5.74, 6) is 0.576. The molecule has 108 valence electrons. The van der Waals surface area contributed by atoms with E-state index < -0.39 is 0 Å². The SMILES string of the molecule is CC1(C)C2=Cc3c(sc4ccccc34)CC2c2ccccc21. The predicted molar refractivity (Wildman–Crippen MR) is 95.7 cm³/mol. The second-order valence-electron chi connectivity index (χ2n) is 7.00. The summed E-state index contributed by atoms with van der Waals surface area (Å²) in [6.07, 6.45) is 3.67. The van der Waals surface area contributed by atoms with Crippen molar-refractivity contribution in [3.63, 3.8) is 0 Å². The normalized spacial score (nSPS) is 21.2. The quantitative estimate of drug-likeness (QED) is 0.484. The molecule has 0 amide bonds. The lowest BCUT2D eigenvalue weighted by molar-refractivity contribution is 0.616. The third-order valence-corrected chi connectivity index (χ3v) is 6.72. The van der Waals surface area contributed by atoms with Crippen molar-refractivity contribution in [3.8, 4) is 0 Å². The zero-order chi connectivity index (χ0) is 14.9. The van der Waals surface area contributed by atoms with Crippen molar-refractivity contribution < 1.29 is 0 Å². The minimum atomic E-state index is 0.155. The Morgan fingerprint density at radius 1 is 1.00 bits per heavy atom. The van der Waals surface area contributed by atoms with Gasteiger partial charge in [0.15, 0.2) is 0 Å². The highest BCUT2D eigenvalue weighted by Gasteiger charge is 2.43. The molecule has 0 spiro atoms. The van der Waals surface area contributed by atoms with Crippen LogP contribution in [0.15, 0.2) is 54.1 Å². The lowest BCUT2D eigenvalue weighted by atomic mass is 9.77. The van der Waals surface area contributed by atoms with Gasteiger partial charge in [-0.15, -0.1) is 11.3 Å². The standard InChI is InChI=1S/C21H18S/c1-21(2)17-9-5-3-7-13(17)15-12-20-16(11-18(15)21)14-8-4-6-10-19(14)22-20/h3-11,15H,12H2,1-2H3. The largest absolute Gasteiger partial charge is 0.140 e. The first-order valence-corrected chi connectivity index (χ1v) is 8.80. The molecule has 0 radical (unpaired) electrons. The van der Waals surface area contributed by atoms with Gasteiger partial charge >= 0.3 is 0 Å². The van der Waals surface area contributed by atoms with Crippen molar-refractivity contribution in [1.29, 1.82) is 0 Å². The van der Waals surface area contributed by atoms with E-state index in [0.29, 0.717) is 5.92 Å². The summed E-state index contributed by atoms with van der Waals surface area (Å²) < 4.78 is 1.43. The summed E-state index contributed by atoms with van der Waals surface area (Å²) in [5.41, 5.74) is 6.30. The molecule has 1 atom stereocenters. The molecule has 1 unspecified atom stereocenters. The number of rotatable bonds is 0. The predicted octanol–water partition coefficient (Wildman–Crippen LogP) is 5.92. The summed E-state index contributed by atoms with van der Waals surface area (Å²) in [5, 5.41) is 1.43. The second kappa shape index (κ2) is 4.11. The molecule has 1 aromatic heterocycles. The van der Waals surface area contributed by atoms with Crippen molar-refractivity contribution in [1.82, 2.24) is 0 Å². The van der Waals surface area contributed by atoms with Crippen LogP contribution in [-0.2, 0) is 11.8 Å². The van der Waals surface area contributed by atoms with E-state index in [0.717, 1.165) is 0 Å². The van der Waals surface area contributed by atoms with Gasteiger partial charge in [0.05, 0.1) is 0 Å². The summed E-state index contributed by atoms with van der Waals surface area (Å²) >= 11 is 1.98. The third kappa shape index (κ3) is 1.47. The van der Waals surface area contributed by atoms with Gasteiger partial charge in [-0.1, -0.05) is 68.0 Å². The molecule has 1 heterocycles. The molecule has 2 aliphatic carbocycles. The first-order valence-electron chi connectivity index (χ1n) is 7.98. The Morgan fingerprint density at radius 2 is 1.77 bits per heavy atom. The molecular formula is C21H18S. The van der Waals surface area contributed by atoms with Gasteiger partial charge in [-0.3, -0.25) is 0 Å². The molecule has 1 heteroatoms. The lowest BCUT2D eigenvalue weighted by Crippen LogP contribution is -2.18. The van der Waals surface area contributed by atoms with Gasteiger partial charge in [-0.2, -0.15) is 0 Å². The van der Waals surface area contributed by atoms with Gasteiger partial charge in [0.2, 0.25) is 0 Å². The van der Waals surface area contributed by atoms with Gasteiger partial charge in [0.1, 0.15) is 0 Å². The Hall–Kier alpha value is -1.86. The van der Waals surface area contributed by atoms with Crippen LogP contribution in [0.2, 0.25) is 0 Å². The van der Waals surface area contributed by atoms with Gasteiger partial charge < -0.3 is 0 Å². The molecule has 3 aromatic rings. The molecule has 2 aliphatic rings. The van der Waals surface area contributed by atoms with E-state index in [1.807, 2.05) is 11.3 Å². The van der Waals surface area contributed by atoms with Crippen LogP contribution in [0, 0.1) is 0 Å². The number of thiophene rings is 1. The minimum Gasteiger partial charge on any atom is -0.140 e. The molecule has 0 saturated carbocycles. The Kier molecular flexibility index (Phi) is 2.37. The van der Waals surface area contributed by atoms with E-state index >= 15 is 0 Å². The zero-order valence-corrected chi connectivity index (χ0v) is 13.7. The minimum absolute atomic E-state index is 0.155. The highest BCUT2D eigenvalue weighted by Crippen LogP contribution is 2.55. The highest BCUT2D eigenvalue weighted by molar-refractivity contribution is 7.19. The first kappa shape index (κ1) is 12.7. The molecule has 0 bridgehead atoms. The molecule has 0 saturated heterocycles. The molecular weight excluding hydrogens is 284 g/mol. The summed E-state index contributed by atoms with van der Waals surface area (Å²) in [6.45, 7) is 4.77. The molecule has 5 rings (SSSR count). The maximum Gasteiger partial charge on any atom is 0.0351 e. The Labute approximate surface area is 135 Å². The van der Waals surface area contributed by atoms with Gasteiger partial charge in [-0.05, 0) is 34.6 Å². The molecule has 2 aromatic carbocycles. The summed E-state index contributed by atoms with van der Waals surface area (Å²) in [6, 6.07) is 17.9. The molecule has 0 nitrogen and oxygen atoms in total. The molecule has 0 N–H and O–H groups in total. The van der Waals surface area contributed by atoms with E-state index in [4.69, 9.17) is 0 Å². The lowest BCUT2D eigenvalue weighted by Gasteiger charge is -2.27. The van der Waals surface area contributed by atoms with E-state index in [9.17, 15) is 0 Å². The average molecular weight is 302 g/mol. The third-order valence-electron chi connectivity index (χ3n) is 5.51. The fourth-order valence-electron chi connectivity index (χ4n) is 4.40. The Morgan fingerprint density at radius 3 is 2.68 bits per heavy atom. The van der Waals surface area contributed by atoms with E-state index in [1.165, 1.54) is 27.6 Å². The first-order chi connectivity index (χ1) is 10.7. The van der Waals surface area contributed by atoms with Gasteiger partial charge in [0, 0.05) is 20.9 Å². The van der Waals surface area contributed by atoms with E-state index in [-0.39, 0.29) is 5.41 Å². The maximum absolute atomic E-state index is 2.50. The van der Waals surface area contributed by atoms with Crippen molar-refractivity contribution >= 4 is 27.5 Å². The fourth-order valence-corrected chi connectivity index (χ4v) is 5.63. The monoisotopic (exact) mass is 302 g/mol. The Balaban J connectivity index is 1.80. The highest BCUT2D eigenvalue weighted by atomic mass is 32.1.